The number of carbonyl (C=O) groups is 1. The Kier molecular flexibility index (Phi) is 7.87. The van der Waals surface area contributed by atoms with Crippen LogP contribution < -0.4 is 10.6 Å². The van der Waals surface area contributed by atoms with E-state index in [2.05, 4.69) is 9.88 Å². The van der Waals surface area contributed by atoms with Crippen molar-refractivity contribution in [3.63, 3.8) is 0 Å². The first-order valence-electron chi connectivity index (χ1n) is 7.54. The fraction of sp³-hybridized carbons (Fsp3) is 0.600. The number of hydrogen-bond donors (Lipinski definition) is 1. The summed E-state index contributed by atoms with van der Waals surface area (Å²) in [6.45, 7) is 3.15. The largest absolute Gasteiger partial charge is 0.353 e. The van der Waals surface area contributed by atoms with Gasteiger partial charge in [0.2, 0.25) is 5.91 Å². The average Bonchev–Trinajstić information content (AvgIpc) is 2.94. The number of hydrogen-bond acceptors (Lipinski definition) is 4. The molecular formula is C15H23Cl3N4O. The Labute approximate surface area is 154 Å². The number of pyridine rings is 1. The molecule has 1 amide bonds. The number of anilines is 1. The molecule has 3 rings (SSSR count). The third-order valence-corrected chi connectivity index (χ3v) is 4.67. The Bertz CT molecular complexity index is 506. The highest BCUT2D eigenvalue weighted by molar-refractivity contribution is 6.30. The normalized spacial score (nSPS) is 23.9. The van der Waals surface area contributed by atoms with Crippen LogP contribution in [0.3, 0.4) is 0 Å². The number of aromatic nitrogens is 1. The van der Waals surface area contributed by atoms with Crippen LogP contribution in [0.25, 0.3) is 0 Å². The standard InChI is InChI=1S/C15H21ClN4O.2ClH/c16-12-2-4-14(18-10-12)19-5-7-20(8-6-19)15(21)11-1-3-13(17)9-11;;/h2,4,10-11,13H,1,3,5-9,17H2;2*1H. The number of piperazine rings is 1. The molecule has 1 aromatic rings. The minimum atomic E-state index is 0. The second-order valence-electron chi connectivity index (χ2n) is 5.92. The molecule has 5 nitrogen and oxygen atoms in total. The molecular weight excluding hydrogens is 359 g/mol. The van der Waals surface area contributed by atoms with Gasteiger partial charge in [-0.15, -0.1) is 24.8 Å². The molecule has 23 heavy (non-hydrogen) atoms. The van der Waals surface area contributed by atoms with E-state index in [4.69, 9.17) is 17.3 Å². The lowest BCUT2D eigenvalue weighted by atomic mass is 10.1. The van der Waals surface area contributed by atoms with Gasteiger partial charge in [-0.25, -0.2) is 4.98 Å². The molecule has 2 heterocycles. The van der Waals surface area contributed by atoms with E-state index in [9.17, 15) is 4.79 Å². The van der Waals surface area contributed by atoms with Gasteiger partial charge in [0.1, 0.15) is 5.82 Å². The summed E-state index contributed by atoms with van der Waals surface area (Å²) in [5.74, 6) is 1.35. The zero-order valence-electron chi connectivity index (χ0n) is 12.9. The minimum absolute atomic E-state index is 0. The Balaban J connectivity index is 0.00000132. The number of rotatable bonds is 2. The Morgan fingerprint density at radius 3 is 2.39 bits per heavy atom. The van der Waals surface area contributed by atoms with Crippen molar-refractivity contribution in [2.45, 2.75) is 25.3 Å². The molecule has 2 atom stereocenters. The fourth-order valence-corrected chi connectivity index (χ4v) is 3.32. The highest BCUT2D eigenvalue weighted by Crippen LogP contribution is 2.26. The SMILES string of the molecule is Cl.Cl.NC1CCC(C(=O)N2CCN(c3ccc(Cl)cn3)CC2)C1. The van der Waals surface area contributed by atoms with E-state index in [1.165, 1.54) is 0 Å². The predicted octanol–water partition coefficient (Wildman–Crippen LogP) is 2.35. The molecule has 2 fully saturated rings. The second-order valence-corrected chi connectivity index (χ2v) is 6.35. The van der Waals surface area contributed by atoms with Crippen LogP contribution in [0.5, 0.6) is 0 Å². The van der Waals surface area contributed by atoms with Crippen LogP contribution in [0.2, 0.25) is 5.02 Å². The summed E-state index contributed by atoms with van der Waals surface area (Å²) in [5.41, 5.74) is 5.90. The first kappa shape index (κ1) is 20.3. The van der Waals surface area contributed by atoms with Gasteiger partial charge in [-0.3, -0.25) is 4.79 Å². The zero-order valence-corrected chi connectivity index (χ0v) is 15.2. The minimum Gasteiger partial charge on any atom is -0.353 e. The van der Waals surface area contributed by atoms with Crippen LogP contribution in [-0.4, -0.2) is 48.0 Å². The molecule has 1 saturated carbocycles. The van der Waals surface area contributed by atoms with E-state index in [1.54, 1.807) is 6.20 Å². The zero-order chi connectivity index (χ0) is 14.8. The third kappa shape index (κ3) is 4.86. The van der Waals surface area contributed by atoms with Gasteiger partial charge in [0, 0.05) is 44.3 Å². The molecule has 0 aromatic carbocycles. The molecule has 1 aliphatic heterocycles. The van der Waals surface area contributed by atoms with Crippen LogP contribution in [0.1, 0.15) is 19.3 Å². The summed E-state index contributed by atoms with van der Waals surface area (Å²) in [5, 5.41) is 0.644. The quantitative estimate of drug-likeness (QED) is 0.854. The lowest BCUT2D eigenvalue weighted by Crippen LogP contribution is -2.50. The molecule has 0 bridgehead atoms. The Hall–Kier alpha value is -0.750. The van der Waals surface area contributed by atoms with Gasteiger partial charge in [-0.2, -0.15) is 0 Å². The maximum absolute atomic E-state index is 12.5. The van der Waals surface area contributed by atoms with Crippen molar-refractivity contribution < 1.29 is 4.79 Å². The van der Waals surface area contributed by atoms with Gasteiger partial charge in [-0.05, 0) is 31.4 Å². The highest BCUT2D eigenvalue weighted by atomic mass is 35.5. The van der Waals surface area contributed by atoms with Gasteiger partial charge < -0.3 is 15.5 Å². The van der Waals surface area contributed by atoms with Crippen LogP contribution in [0, 0.1) is 5.92 Å². The molecule has 1 aromatic heterocycles. The first-order chi connectivity index (χ1) is 10.1. The van der Waals surface area contributed by atoms with Gasteiger partial charge in [0.25, 0.3) is 0 Å². The third-order valence-electron chi connectivity index (χ3n) is 4.45. The Morgan fingerprint density at radius 2 is 1.87 bits per heavy atom. The maximum Gasteiger partial charge on any atom is 0.225 e. The van der Waals surface area contributed by atoms with Gasteiger partial charge in [0.15, 0.2) is 0 Å². The molecule has 2 unspecified atom stereocenters. The number of nitrogens with zero attached hydrogens (tertiary/aromatic N) is 3. The van der Waals surface area contributed by atoms with Crippen molar-refractivity contribution in [3.05, 3.63) is 23.4 Å². The van der Waals surface area contributed by atoms with Gasteiger partial charge >= 0.3 is 0 Å². The number of carbonyl (C=O) groups excluding carboxylic acids is 1. The molecule has 0 radical (unpaired) electrons. The molecule has 8 heteroatoms. The monoisotopic (exact) mass is 380 g/mol. The molecule has 1 saturated heterocycles. The van der Waals surface area contributed by atoms with E-state index in [-0.39, 0.29) is 42.7 Å². The highest BCUT2D eigenvalue weighted by Gasteiger charge is 2.32. The molecule has 2 aliphatic rings. The maximum atomic E-state index is 12.5. The van der Waals surface area contributed by atoms with Crippen LogP contribution in [0.15, 0.2) is 18.3 Å². The van der Waals surface area contributed by atoms with Gasteiger partial charge in [-0.1, -0.05) is 11.6 Å². The van der Waals surface area contributed by atoms with Crippen LogP contribution in [-0.2, 0) is 4.79 Å². The summed E-state index contributed by atoms with van der Waals surface area (Å²) in [6.07, 6.45) is 4.43. The summed E-state index contributed by atoms with van der Waals surface area (Å²) < 4.78 is 0. The molecule has 130 valence electrons. The van der Waals surface area contributed by atoms with Crippen molar-refractivity contribution in [1.29, 1.82) is 0 Å². The van der Waals surface area contributed by atoms with E-state index < -0.39 is 0 Å². The Morgan fingerprint density at radius 1 is 1.17 bits per heavy atom. The van der Waals surface area contributed by atoms with E-state index in [0.717, 1.165) is 51.3 Å². The number of amides is 1. The summed E-state index contributed by atoms with van der Waals surface area (Å²) >= 11 is 5.86. The van der Waals surface area contributed by atoms with E-state index in [1.807, 2.05) is 17.0 Å². The molecule has 0 spiro atoms. The first-order valence-corrected chi connectivity index (χ1v) is 7.92. The van der Waals surface area contributed by atoms with Crippen LogP contribution in [0.4, 0.5) is 5.82 Å². The van der Waals surface area contributed by atoms with Crippen molar-refractivity contribution >= 4 is 48.1 Å². The van der Waals surface area contributed by atoms with Crippen molar-refractivity contribution in [1.82, 2.24) is 9.88 Å². The number of nitrogens with two attached hydrogens (primary N) is 1. The second kappa shape index (κ2) is 8.92. The average molecular weight is 382 g/mol. The lowest BCUT2D eigenvalue weighted by Gasteiger charge is -2.36. The van der Waals surface area contributed by atoms with Gasteiger partial charge in [0.05, 0.1) is 5.02 Å². The van der Waals surface area contributed by atoms with Crippen molar-refractivity contribution in [2.24, 2.45) is 11.7 Å². The molecule has 1 aliphatic carbocycles. The topological polar surface area (TPSA) is 62.5 Å². The van der Waals surface area contributed by atoms with E-state index >= 15 is 0 Å². The number of halogens is 3. The van der Waals surface area contributed by atoms with E-state index in [0.29, 0.717) is 5.02 Å². The predicted molar refractivity (Wildman–Crippen MR) is 97.9 cm³/mol. The summed E-state index contributed by atoms with van der Waals surface area (Å²) in [4.78, 5) is 21.0. The fourth-order valence-electron chi connectivity index (χ4n) is 3.21. The van der Waals surface area contributed by atoms with Crippen molar-refractivity contribution in [2.75, 3.05) is 31.1 Å². The summed E-state index contributed by atoms with van der Waals surface area (Å²) in [6, 6.07) is 3.98. The molecule has 2 N–H and O–H groups in total. The summed E-state index contributed by atoms with van der Waals surface area (Å²) in [7, 11) is 0. The lowest BCUT2D eigenvalue weighted by molar-refractivity contribution is -0.135. The van der Waals surface area contributed by atoms with Crippen LogP contribution >= 0.6 is 36.4 Å². The van der Waals surface area contributed by atoms with Crippen molar-refractivity contribution in [3.8, 4) is 0 Å². The smallest absolute Gasteiger partial charge is 0.225 e.